The number of nitrogens with zero attached hydrogens (tertiary/aromatic N) is 3. The second kappa shape index (κ2) is 7.17. The maximum Gasteiger partial charge on any atom is 0.416 e. The zero-order chi connectivity index (χ0) is 18.7. The summed E-state index contributed by atoms with van der Waals surface area (Å²) in [4.78, 5) is 12.1. The minimum atomic E-state index is -4.43. The normalized spacial score (nSPS) is 11.4. The lowest BCUT2D eigenvalue weighted by molar-refractivity contribution is -0.137. The van der Waals surface area contributed by atoms with Crippen LogP contribution in [0.1, 0.15) is 21.6 Å². The van der Waals surface area contributed by atoms with E-state index in [0.717, 1.165) is 12.1 Å². The number of alkyl halides is 3. The number of amides is 1. The molecular formula is C17H12ClF3N4O. The maximum atomic E-state index is 12.7. The highest BCUT2D eigenvalue weighted by atomic mass is 35.5. The van der Waals surface area contributed by atoms with Crippen LogP contribution in [0, 0.1) is 0 Å². The van der Waals surface area contributed by atoms with Gasteiger partial charge in [-0.1, -0.05) is 41.1 Å². The molecule has 26 heavy (non-hydrogen) atoms. The molecule has 3 rings (SSSR count). The molecule has 0 atom stereocenters. The molecule has 2 aromatic carbocycles. The van der Waals surface area contributed by atoms with Gasteiger partial charge in [0.15, 0.2) is 5.69 Å². The molecule has 0 spiro atoms. The molecule has 0 unspecified atom stereocenters. The minimum Gasteiger partial charge on any atom is -0.347 e. The Morgan fingerprint density at radius 1 is 1.15 bits per heavy atom. The smallest absolute Gasteiger partial charge is 0.347 e. The average Bonchev–Trinajstić information content (AvgIpc) is 3.09. The first kappa shape index (κ1) is 17.9. The van der Waals surface area contributed by atoms with Crippen LogP contribution >= 0.6 is 11.6 Å². The average molecular weight is 381 g/mol. The Bertz CT molecular complexity index is 940. The number of para-hydroxylation sites is 1. The van der Waals surface area contributed by atoms with Crippen molar-refractivity contribution in [3.63, 3.8) is 0 Å². The van der Waals surface area contributed by atoms with E-state index in [4.69, 9.17) is 11.6 Å². The third kappa shape index (κ3) is 4.02. The van der Waals surface area contributed by atoms with Crippen LogP contribution in [-0.4, -0.2) is 20.9 Å². The van der Waals surface area contributed by atoms with Crippen molar-refractivity contribution >= 4 is 17.5 Å². The molecule has 0 radical (unpaired) electrons. The molecule has 134 valence electrons. The van der Waals surface area contributed by atoms with Gasteiger partial charge in [-0.15, -0.1) is 5.10 Å². The van der Waals surface area contributed by atoms with Crippen LogP contribution in [0.4, 0.5) is 13.2 Å². The highest BCUT2D eigenvalue weighted by Crippen LogP contribution is 2.29. The van der Waals surface area contributed by atoms with Crippen molar-refractivity contribution in [1.82, 2.24) is 20.3 Å². The number of halogens is 4. The lowest BCUT2D eigenvalue weighted by atomic mass is 10.1. The molecule has 0 bridgehead atoms. The number of nitrogens with one attached hydrogen (secondary N) is 1. The molecule has 0 aliphatic rings. The highest BCUT2D eigenvalue weighted by Gasteiger charge is 2.30. The summed E-state index contributed by atoms with van der Waals surface area (Å²) < 4.78 is 39.5. The Balaban J connectivity index is 1.69. The monoisotopic (exact) mass is 380 g/mol. The molecule has 0 aliphatic carbocycles. The predicted molar refractivity (Wildman–Crippen MR) is 89.0 cm³/mol. The Hall–Kier alpha value is -2.87. The molecule has 0 saturated heterocycles. The first-order valence-corrected chi connectivity index (χ1v) is 7.84. The van der Waals surface area contributed by atoms with Gasteiger partial charge in [-0.05, 0) is 29.8 Å². The summed E-state index contributed by atoms with van der Waals surface area (Å²) in [5.41, 5.74) is 0.135. The van der Waals surface area contributed by atoms with E-state index in [1.165, 1.54) is 23.0 Å². The molecule has 9 heteroatoms. The first-order chi connectivity index (χ1) is 12.3. The number of rotatable bonds is 4. The molecule has 0 fully saturated rings. The molecule has 1 aromatic heterocycles. The molecule has 0 aliphatic heterocycles. The number of hydrogen-bond acceptors (Lipinski definition) is 3. The van der Waals surface area contributed by atoms with E-state index in [1.807, 2.05) is 0 Å². The van der Waals surface area contributed by atoms with Crippen LogP contribution < -0.4 is 5.32 Å². The highest BCUT2D eigenvalue weighted by molar-refractivity contribution is 6.32. The summed E-state index contributed by atoms with van der Waals surface area (Å²) in [7, 11) is 0. The van der Waals surface area contributed by atoms with Gasteiger partial charge < -0.3 is 5.32 Å². The number of carbonyl (C=O) groups excluding carboxylic acids is 1. The Morgan fingerprint density at radius 3 is 2.65 bits per heavy atom. The Morgan fingerprint density at radius 2 is 1.92 bits per heavy atom. The van der Waals surface area contributed by atoms with Crippen LogP contribution in [0.25, 0.3) is 5.69 Å². The van der Waals surface area contributed by atoms with Crippen LogP contribution in [0.3, 0.4) is 0 Å². The first-order valence-electron chi connectivity index (χ1n) is 7.46. The van der Waals surface area contributed by atoms with Gasteiger partial charge in [0.05, 0.1) is 22.5 Å². The fourth-order valence-corrected chi connectivity index (χ4v) is 2.48. The van der Waals surface area contributed by atoms with Gasteiger partial charge in [-0.3, -0.25) is 4.79 Å². The van der Waals surface area contributed by atoms with E-state index < -0.39 is 17.6 Å². The van der Waals surface area contributed by atoms with Crippen molar-refractivity contribution in [1.29, 1.82) is 0 Å². The van der Waals surface area contributed by atoms with Crippen LogP contribution in [0.2, 0.25) is 5.02 Å². The van der Waals surface area contributed by atoms with Crippen molar-refractivity contribution < 1.29 is 18.0 Å². The maximum absolute atomic E-state index is 12.7. The van der Waals surface area contributed by atoms with E-state index in [0.29, 0.717) is 16.3 Å². The summed E-state index contributed by atoms with van der Waals surface area (Å²) in [5, 5.41) is 10.6. The third-order valence-electron chi connectivity index (χ3n) is 3.53. The quantitative estimate of drug-likeness (QED) is 0.747. The van der Waals surface area contributed by atoms with Crippen LogP contribution in [0.15, 0.2) is 54.7 Å². The lowest BCUT2D eigenvalue weighted by Gasteiger charge is -2.09. The second-order valence-electron chi connectivity index (χ2n) is 5.38. The molecular weight excluding hydrogens is 369 g/mol. The molecule has 1 heterocycles. The Labute approximate surface area is 151 Å². The van der Waals surface area contributed by atoms with E-state index >= 15 is 0 Å². The van der Waals surface area contributed by atoms with Gasteiger partial charge in [0.25, 0.3) is 5.91 Å². The van der Waals surface area contributed by atoms with Crippen molar-refractivity contribution in [3.05, 3.63) is 76.6 Å². The van der Waals surface area contributed by atoms with E-state index in [2.05, 4.69) is 15.6 Å². The lowest BCUT2D eigenvalue weighted by Crippen LogP contribution is -2.23. The van der Waals surface area contributed by atoms with E-state index in [1.54, 1.807) is 24.3 Å². The number of carbonyl (C=O) groups is 1. The standard InChI is InChI=1S/C17H12ClF3N4O/c18-13-6-1-2-7-15(13)25-10-14(23-24-25)16(26)22-9-11-4-3-5-12(8-11)17(19,20)21/h1-8,10H,9H2,(H,22,26). The van der Waals surface area contributed by atoms with Gasteiger partial charge >= 0.3 is 6.18 Å². The second-order valence-corrected chi connectivity index (χ2v) is 5.79. The van der Waals surface area contributed by atoms with Crippen LogP contribution in [-0.2, 0) is 12.7 Å². The summed E-state index contributed by atoms with van der Waals surface area (Å²) in [6, 6.07) is 11.6. The van der Waals surface area contributed by atoms with Crippen molar-refractivity contribution in [2.75, 3.05) is 0 Å². The summed E-state index contributed by atoms with van der Waals surface area (Å²) in [6.07, 6.45) is -3.04. The summed E-state index contributed by atoms with van der Waals surface area (Å²) in [5.74, 6) is -0.555. The van der Waals surface area contributed by atoms with Crippen molar-refractivity contribution in [2.24, 2.45) is 0 Å². The third-order valence-corrected chi connectivity index (χ3v) is 3.85. The van der Waals surface area contributed by atoms with E-state index in [-0.39, 0.29) is 12.2 Å². The zero-order valence-electron chi connectivity index (χ0n) is 13.2. The number of aromatic nitrogens is 3. The van der Waals surface area contributed by atoms with Gasteiger partial charge in [-0.2, -0.15) is 13.2 Å². The topological polar surface area (TPSA) is 59.8 Å². The van der Waals surface area contributed by atoms with Gasteiger partial charge in [0.2, 0.25) is 0 Å². The number of benzene rings is 2. The van der Waals surface area contributed by atoms with Gasteiger partial charge in [0, 0.05) is 6.54 Å². The van der Waals surface area contributed by atoms with Gasteiger partial charge in [-0.25, -0.2) is 4.68 Å². The van der Waals surface area contributed by atoms with Crippen molar-refractivity contribution in [3.8, 4) is 5.69 Å². The number of hydrogen-bond donors (Lipinski definition) is 1. The fraction of sp³-hybridized carbons (Fsp3) is 0.118. The summed E-state index contributed by atoms with van der Waals surface area (Å²) in [6.45, 7) is -0.0678. The molecule has 5 nitrogen and oxygen atoms in total. The molecule has 1 N–H and O–H groups in total. The minimum absolute atomic E-state index is 0.0249. The Kier molecular flexibility index (Phi) is 4.94. The largest absolute Gasteiger partial charge is 0.416 e. The summed E-state index contributed by atoms with van der Waals surface area (Å²) >= 11 is 6.06. The van der Waals surface area contributed by atoms with E-state index in [9.17, 15) is 18.0 Å². The van der Waals surface area contributed by atoms with Crippen LogP contribution in [0.5, 0.6) is 0 Å². The molecule has 0 saturated carbocycles. The van der Waals surface area contributed by atoms with Crippen molar-refractivity contribution in [2.45, 2.75) is 12.7 Å². The SMILES string of the molecule is O=C(NCc1cccc(C(F)(F)F)c1)c1cn(-c2ccccc2Cl)nn1. The van der Waals surface area contributed by atoms with Gasteiger partial charge in [0.1, 0.15) is 0 Å². The fourth-order valence-electron chi connectivity index (χ4n) is 2.25. The zero-order valence-corrected chi connectivity index (χ0v) is 13.9. The molecule has 3 aromatic rings. The molecule has 1 amide bonds. The predicted octanol–water partition coefficient (Wildman–Crippen LogP) is 3.87.